The number of amides is 2. The number of carbonyl (C=O) groups excluding carboxylic acids is 1. The number of carbonyl (C=O) groups is 1. The molecule has 8 nitrogen and oxygen atoms in total. The van der Waals surface area contributed by atoms with Gasteiger partial charge >= 0.3 is 6.03 Å². The van der Waals surface area contributed by atoms with E-state index in [0.717, 1.165) is 11.1 Å². The summed E-state index contributed by atoms with van der Waals surface area (Å²) in [5.41, 5.74) is 9.40. The number of rotatable bonds is 7. The molecule has 3 rings (SSSR count). The quantitative estimate of drug-likeness (QED) is 0.251. The molecule has 10 heteroatoms. The first kappa shape index (κ1) is 26.0. The predicted molar refractivity (Wildman–Crippen MR) is 144 cm³/mol. The highest BCUT2D eigenvalue weighted by Gasteiger charge is 2.15. The van der Waals surface area contributed by atoms with Crippen molar-refractivity contribution in [3.63, 3.8) is 0 Å². The highest BCUT2D eigenvalue weighted by atomic mass is 32.2. The molecule has 2 amide bonds. The van der Waals surface area contributed by atoms with Gasteiger partial charge in [0.2, 0.25) is 10.0 Å². The lowest BCUT2D eigenvalue weighted by Crippen LogP contribution is -2.31. The van der Waals surface area contributed by atoms with Gasteiger partial charge in [0, 0.05) is 30.4 Å². The number of benzene rings is 3. The second-order valence-electron chi connectivity index (χ2n) is 7.85. The number of sulfonamides is 1. The number of amidine groups is 1. The summed E-state index contributed by atoms with van der Waals surface area (Å²) in [6.45, 7) is 2.27. The van der Waals surface area contributed by atoms with Gasteiger partial charge in [-0.15, -0.1) is 0 Å². The average molecular weight is 510 g/mol. The van der Waals surface area contributed by atoms with Gasteiger partial charge in [0.15, 0.2) is 0 Å². The Labute approximate surface area is 210 Å². The number of primary sulfonamides is 1. The fraction of sp³-hybridized carbons (Fsp3) is 0.160. The molecule has 0 radical (unpaired) electrons. The molecule has 182 valence electrons. The van der Waals surface area contributed by atoms with Crippen LogP contribution >= 0.6 is 12.2 Å². The van der Waals surface area contributed by atoms with E-state index in [9.17, 15) is 13.2 Å². The summed E-state index contributed by atoms with van der Waals surface area (Å²) in [5, 5.41) is 8.17. The first-order valence-electron chi connectivity index (χ1n) is 10.8. The second-order valence-corrected chi connectivity index (χ2v) is 9.85. The van der Waals surface area contributed by atoms with E-state index in [0.29, 0.717) is 40.6 Å². The molecule has 0 unspecified atom stereocenters. The number of hydrogen-bond donors (Lipinski definition) is 3. The number of nitrogens with two attached hydrogens (primary N) is 2. The van der Waals surface area contributed by atoms with Crippen molar-refractivity contribution in [1.82, 2.24) is 4.90 Å². The van der Waals surface area contributed by atoms with Gasteiger partial charge in [0.1, 0.15) is 10.8 Å². The van der Waals surface area contributed by atoms with Crippen LogP contribution in [-0.2, 0) is 16.6 Å². The van der Waals surface area contributed by atoms with Gasteiger partial charge in [-0.05, 0) is 41.8 Å². The lowest BCUT2D eigenvalue weighted by atomic mass is 10.1. The molecule has 5 N–H and O–H groups in total. The molecular weight excluding hydrogens is 482 g/mol. The molecule has 0 aliphatic heterocycles. The van der Waals surface area contributed by atoms with Gasteiger partial charge in [-0.3, -0.25) is 0 Å². The molecule has 0 aliphatic carbocycles. The zero-order valence-electron chi connectivity index (χ0n) is 19.4. The monoisotopic (exact) mass is 509 g/mol. The predicted octanol–water partition coefficient (Wildman–Crippen LogP) is 4.11. The van der Waals surface area contributed by atoms with E-state index in [-0.39, 0.29) is 10.9 Å². The van der Waals surface area contributed by atoms with Crippen LogP contribution in [0.1, 0.15) is 24.5 Å². The number of aliphatic imine (C=N–C) groups is 1. The number of urea groups is 1. The smallest absolute Gasteiger partial charge is 0.321 e. The maximum absolute atomic E-state index is 12.7. The van der Waals surface area contributed by atoms with E-state index < -0.39 is 10.0 Å². The van der Waals surface area contributed by atoms with Crippen molar-refractivity contribution < 1.29 is 13.2 Å². The standard InChI is InChI=1S/C25H27N5O3S2/c1-3-23(34)29-24(26)19-8-6-7-17(15-19)16-30(2)25(31)28-20-13-11-18(12-14-20)21-9-4-5-10-22(21)35(27,32)33/h4-15H,3,16H2,1-2H3,(H,28,31)(H2,26,29,34)(H2,27,32,33). The lowest BCUT2D eigenvalue weighted by molar-refractivity contribution is 0.220. The minimum Gasteiger partial charge on any atom is -0.383 e. The molecule has 0 heterocycles. The van der Waals surface area contributed by atoms with E-state index in [1.54, 1.807) is 49.5 Å². The van der Waals surface area contributed by atoms with Crippen LogP contribution in [0.25, 0.3) is 11.1 Å². The Bertz CT molecular complexity index is 1370. The van der Waals surface area contributed by atoms with Crippen molar-refractivity contribution in [2.24, 2.45) is 15.9 Å². The molecular formula is C25H27N5O3S2. The van der Waals surface area contributed by atoms with E-state index in [2.05, 4.69) is 10.3 Å². The summed E-state index contributed by atoms with van der Waals surface area (Å²) in [4.78, 5) is 19.0. The summed E-state index contributed by atoms with van der Waals surface area (Å²) in [6.07, 6.45) is 0.637. The largest absolute Gasteiger partial charge is 0.383 e. The third kappa shape index (κ3) is 6.95. The minimum atomic E-state index is -3.87. The fourth-order valence-electron chi connectivity index (χ4n) is 3.36. The molecule has 0 saturated heterocycles. The van der Waals surface area contributed by atoms with Crippen molar-refractivity contribution in [1.29, 1.82) is 0 Å². The van der Waals surface area contributed by atoms with Crippen LogP contribution < -0.4 is 16.2 Å². The van der Waals surface area contributed by atoms with Crippen molar-refractivity contribution in [2.75, 3.05) is 12.4 Å². The van der Waals surface area contributed by atoms with E-state index in [4.69, 9.17) is 23.1 Å². The van der Waals surface area contributed by atoms with Crippen LogP contribution in [0.5, 0.6) is 0 Å². The van der Waals surface area contributed by atoms with Crippen LogP contribution in [0.15, 0.2) is 82.7 Å². The summed E-state index contributed by atoms with van der Waals surface area (Å²) >= 11 is 5.13. The Balaban J connectivity index is 1.69. The molecule has 0 bridgehead atoms. The van der Waals surface area contributed by atoms with Gasteiger partial charge in [0.25, 0.3) is 0 Å². The van der Waals surface area contributed by atoms with Crippen molar-refractivity contribution >= 4 is 44.8 Å². The van der Waals surface area contributed by atoms with Gasteiger partial charge in [0.05, 0.1) is 4.90 Å². The van der Waals surface area contributed by atoms with E-state index in [1.807, 2.05) is 31.2 Å². The molecule has 0 aliphatic rings. The number of hydrogen-bond acceptors (Lipinski definition) is 4. The molecule has 0 spiro atoms. The first-order valence-corrected chi connectivity index (χ1v) is 12.7. The Hall–Kier alpha value is -3.60. The maximum atomic E-state index is 12.7. The van der Waals surface area contributed by atoms with Crippen LogP contribution in [0, 0.1) is 0 Å². The second kappa shape index (κ2) is 11.2. The third-order valence-corrected chi connectivity index (χ3v) is 6.53. The Morgan fingerprint density at radius 2 is 1.74 bits per heavy atom. The van der Waals surface area contributed by atoms with Crippen LogP contribution in [0.4, 0.5) is 10.5 Å². The molecule has 35 heavy (non-hydrogen) atoms. The zero-order chi connectivity index (χ0) is 25.6. The lowest BCUT2D eigenvalue weighted by Gasteiger charge is -2.19. The minimum absolute atomic E-state index is 0.0425. The number of thiocarbonyl (C=S) groups is 1. The normalized spacial score (nSPS) is 11.7. The highest BCUT2D eigenvalue weighted by Crippen LogP contribution is 2.27. The maximum Gasteiger partial charge on any atom is 0.321 e. The topological polar surface area (TPSA) is 131 Å². The Kier molecular flexibility index (Phi) is 8.34. The van der Waals surface area contributed by atoms with Crippen LogP contribution in [0.3, 0.4) is 0 Å². The van der Waals surface area contributed by atoms with Gasteiger partial charge in [-0.25, -0.2) is 23.3 Å². The molecule has 0 fully saturated rings. The summed E-state index contributed by atoms with van der Waals surface area (Å²) in [7, 11) is -2.18. The van der Waals surface area contributed by atoms with Crippen molar-refractivity contribution in [2.45, 2.75) is 24.8 Å². The van der Waals surface area contributed by atoms with Gasteiger partial charge in [-0.2, -0.15) is 0 Å². The summed E-state index contributed by atoms with van der Waals surface area (Å²) in [5.74, 6) is 0.343. The highest BCUT2D eigenvalue weighted by molar-refractivity contribution is 7.89. The number of anilines is 1. The van der Waals surface area contributed by atoms with E-state index in [1.165, 1.54) is 11.0 Å². The SMILES string of the molecule is CCC(=S)N=C(N)c1cccc(CN(C)C(=O)Nc2ccc(-c3ccccc3S(N)(=O)=O)cc2)c1. The summed E-state index contributed by atoms with van der Waals surface area (Å²) < 4.78 is 23.8. The van der Waals surface area contributed by atoms with Crippen LogP contribution in [0.2, 0.25) is 0 Å². The Morgan fingerprint density at radius 1 is 1.06 bits per heavy atom. The molecule has 0 aromatic heterocycles. The average Bonchev–Trinajstić information content (AvgIpc) is 2.84. The number of nitrogens with zero attached hydrogens (tertiary/aromatic N) is 2. The summed E-state index contributed by atoms with van der Waals surface area (Å²) in [6, 6.07) is 20.5. The third-order valence-electron chi connectivity index (χ3n) is 5.18. The molecule has 3 aromatic carbocycles. The molecule has 0 atom stereocenters. The van der Waals surface area contributed by atoms with Crippen molar-refractivity contribution in [3.05, 3.63) is 83.9 Å². The van der Waals surface area contributed by atoms with Crippen molar-refractivity contribution in [3.8, 4) is 11.1 Å². The zero-order valence-corrected chi connectivity index (χ0v) is 21.1. The molecule has 0 saturated carbocycles. The van der Waals surface area contributed by atoms with Crippen LogP contribution in [-0.4, -0.2) is 37.2 Å². The Morgan fingerprint density at radius 3 is 2.40 bits per heavy atom. The molecule has 3 aromatic rings. The van der Waals surface area contributed by atoms with Gasteiger partial charge in [-0.1, -0.05) is 67.7 Å². The number of nitrogens with one attached hydrogen (secondary N) is 1. The first-order chi connectivity index (χ1) is 16.6. The van der Waals surface area contributed by atoms with Gasteiger partial charge < -0.3 is 16.0 Å². The fourth-order valence-corrected chi connectivity index (χ4v) is 4.22. The van der Waals surface area contributed by atoms with E-state index >= 15 is 0 Å².